The van der Waals surface area contributed by atoms with E-state index in [-0.39, 0.29) is 11.5 Å². The highest BCUT2D eigenvalue weighted by molar-refractivity contribution is 5.90. The van der Waals surface area contributed by atoms with E-state index in [4.69, 9.17) is 10.8 Å². The SMILES string of the molecule is Nc1nc2c(-c3cccc(C(=O)O)c3)cccn2n1. The number of nitrogen functional groups attached to an aromatic ring is 1. The fourth-order valence-electron chi connectivity index (χ4n) is 1.97. The standard InChI is InChI=1S/C13H10N4O2/c14-13-15-11-10(5-2-6-17(11)16-13)8-3-1-4-9(7-8)12(18)19/h1-7H,(H2,14,16)(H,18,19). The molecule has 0 amide bonds. The van der Waals surface area contributed by atoms with Gasteiger partial charge in [0, 0.05) is 11.8 Å². The van der Waals surface area contributed by atoms with Crippen LogP contribution in [-0.4, -0.2) is 25.7 Å². The Morgan fingerprint density at radius 1 is 1.26 bits per heavy atom. The minimum Gasteiger partial charge on any atom is -0.478 e. The zero-order chi connectivity index (χ0) is 13.4. The van der Waals surface area contributed by atoms with Crippen LogP contribution in [0.15, 0.2) is 42.6 Å². The van der Waals surface area contributed by atoms with Crippen molar-refractivity contribution in [2.75, 3.05) is 5.73 Å². The van der Waals surface area contributed by atoms with Crippen LogP contribution in [0.5, 0.6) is 0 Å². The third kappa shape index (κ3) is 1.89. The first-order chi connectivity index (χ1) is 9.15. The van der Waals surface area contributed by atoms with Crippen LogP contribution in [0.25, 0.3) is 16.8 Å². The summed E-state index contributed by atoms with van der Waals surface area (Å²) >= 11 is 0. The molecule has 6 nitrogen and oxygen atoms in total. The van der Waals surface area contributed by atoms with Gasteiger partial charge in [0.2, 0.25) is 5.95 Å². The van der Waals surface area contributed by atoms with Crippen LogP contribution in [-0.2, 0) is 0 Å². The summed E-state index contributed by atoms with van der Waals surface area (Å²) in [5, 5.41) is 13.0. The monoisotopic (exact) mass is 254 g/mol. The molecular weight excluding hydrogens is 244 g/mol. The van der Waals surface area contributed by atoms with Crippen molar-refractivity contribution in [1.82, 2.24) is 14.6 Å². The molecule has 0 fully saturated rings. The molecule has 94 valence electrons. The molecule has 3 N–H and O–H groups in total. The Kier molecular flexibility index (Phi) is 2.42. The molecule has 0 unspecified atom stereocenters. The summed E-state index contributed by atoms with van der Waals surface area (Å²) in [5.74, 6) is -0.781. The first kappa shape index (κ1) is 11.2. The van der Waals surface area contributed by atoms with Crippen molar-refractivity contribution in [2.24, 2.45) is 0 Å². The molecule has 0 saturated carbocycles. The van der Waals surface area contributed by atoms with Crippen LogP contribution in [0.3, 0.4) is 0 Å². The third-order valence-corrected chi connectivity index (χ3v) is 2.80. The minimum atomic E-state index is -0.963. The Bertz CT molecular complexity index is 779. The number of benzene rings is 1. The highest BCUT2D eigenvalue weighted by Gasteiger charge is 2.10. The molecule has 0 aliphatic heterocycles. The molecule has 0 spiro atoms. The van der Waals surface area contributed by atoms with Gasteiger partial charge in [-0.3, -0.25) is 0 Å². The van der Waals surface area contributed by atoms with Crippen molar-refractivity contribution >= 4 is 17.6 Å². The van der Waals surface area contributed by atoms with Crippen molar-refractivity contribution in [1.29, 1.82) is 0 Å². The molecule has 0 atom stereocenters. The normalized spacial score (nSPS) is 10.7. The average Bonchev–Trinajstić information content (AvgIpc) is 2.78. The quantitative estimate of drug-likeness (QED) is 0.725. The van der Waals surface area contributed by atoms with E-state index in [9.17, 15) is 4.79 Å². The molecule has 0 saturated heterocycles. The van der Waals surface area contributed by atoms with Gasteiger partial charge in [-0.1, -0.05) is 12.1 Å². The molecule has 2 heterocycles. The van der Waals surface area contributed by atoms with Crippen molar-refractivity contribution in [3.05, 3.63) is 48.2 Å². The van der Waals surface area contributed by atoms with Crippen LogP contribution >= 0.6 is 0 Å². The maximum absolute atomic E-state index is 11.0. The van der Waals surface area contributed by atoms with E-state index in [0.29, 0.717) is 5.65 Å². The minimum absolute atomic E-state index is 0.182. The van der Waals surface area contributed by atoms with Crippen LogP contribution in [0, 0.1) is 0 Å². The van der Waals surface area contributed by atoms with Gasteiger partial charge in [0.25, 0.3) is 0 Å². The number of carboxylic acids is 1. The number of hydrogen-bond donors (Lipinski definition) is 2. The highest BCUT2D eigenvalue weighted by atomic mass is 16.4. The fraction of sp³-hybridized carbons (Fsp3) is 0. The van der Waals surface area contributed by atoms with Crippen molar-refractivity contribution in [2.45, 2.75) is 0 Å². The molecule has 0 radical (unpaired) electrons. The number of carboxylic acid groups (broad SMARTS) is 1. The number of rotatable bonds is 2. The maximum atomic E-state index is 11.0. The van der Waals surface area contributed by atoms with Crippen LogP contribution in [0.1, 0.15) is 10.4 Å². The van der Waals surface area contributed by atoms with E-state index in [0.717, 1.165) is 11.1 Å². The van der Waals surface area contributed by atoms with Crippen molar-refractivity contribution in [3.63, 3.8) is 0 Å². The Balaban J connectivity index is 2.24. The lowest BCUT2D eigenvalue weighted by atomic mass is 10.0. The van der Waals surface area contributed by atoms with E-state index >= 15 is 0 Å². The summed E-state index contributed by atoms with van der Waals surface area (Å²) in [6, 6.07) is 10.3. The zero-order valence-electron chi connectivity index (χ0n) is 9.82. The second-order valence-corrected chi connectivity index (χ2v) is 4.05. The predicted octanol–water partition coefficient (Wildman–Crippen LogP) is 1.68. The third-order valence-electron chi connectivity index (χ3n) is 2.80. The smallest absolute Gasteiger partial charge is 0.335 e. The van der Waals surface area contributed by atoms with Gasteiger partial charge >= 0.3 is 5.97 Å². The van der Waals surface area contributed by atoms with Crippen molar-refractivity contribution < 1.29 is 9.90 Å². The van der Waals surface area contributed by atoms with Gasteiger partial charge in [-0.05, 0) is 29.8 Å². The Morgan fingerprint density at radius 3 is 2.89 bits per heavy atom. The summed E-state index contributed by atoms with van der Waals surface area (Å²) in [5.41, 5.74) is 7.96. The van der Waals surface area contributed by atoms with E-state index in [1.54, 1.807) is 28.9 Å². The lowest BCUT2D eigenvalue weighted by molar-refractivity contribution is 0.0697. The second kappa shape index (κ2) is 4.09. The summed E-state index contributed by atoms with van der Waals surface area (Å²) in [6.45, 7) is 0. The molecule has 0 aliphatic carbocycles. The van der Waals surface area contributed by atoms with Gasteiger partial charge in [0.15, 0.2) is 5.65 Å². The number of anilines is 1. The van der Waals surface area contributed by atoms with Crippen LogP contribution in [0.4, 0.5) is 5.95 Å². The average molecular weight is 254 g/mol. The molecule has 3 aromatic rings. The first-order valence-corrected chi connectivity index (χ1v) is 5.60. The second-order valence-electron chi connectivity index (χ2n) is 4.05. The van der Waals surface area contributed by atoms with Crippen LogP contribution < -0.4 is 5.73 Å². The molecule has 3 rings (SSSR count). The van der Waals surface area contributed by atoms with E-state index in [2.05, 4.69) is 10.1 Å². The first-order valence-electron chi connectivity index (χ1n) is 5.60. The topological polar surface area (TPSA) is 93.5 Å². The number of aromatic nitrogens is 3. The molecular formula is C13H10N4O2. The van der Waals surface area contributed by atoms with Gasteiger partial charge in [0.1, 0.15) is 0 Å². The number of fused-ring (bicyclic) bond motifs is 1. The Hall–Kier alpha value is -2.89. The molecule has 19 heavy (non-hydrogen) atoms. The number of carbonyl (C=O) groups is 1. The summed E-state index contributed by atoms with van der Waals surface area (Å²) < 4.78 is 1.57. The molecule has 6 heteroatoms. The lowest BCUT2D eigenvalue weighted by Gasteiger charge is -2.04. The molecule has 2 aromatic heterocycles. The predicted molar refractivity (Wildman–Crippen MR) is 69.8 cm³/mol. The van der Waals surface area contributed by atoms with Gasteiger partial charge in [0.05, 0.1) is 5.56 Å². The van der Waals surface area contributed by atoms with E-state index < -0.39 is 5.97 Å². The number of pyridine rings is 1. The summed E-state index contributed by atoms with van der Waals surface area (Å²) in [6.07, 6.45) is 1.74. The highest BCUT2D eigenvalue weighted by Crippen LogP contribution is 2.24. The fourth-order valence-corrected chi connectivity index (χ4v) is 1.97. The maximum Gasteiger partial charge on any atom is 0.335 e. The largest absolute Gasteiger partial charge is 0.478 e. The molecule has 1 aromatic carbocycles. The summed E-state index contributed by atoms with van der Waals surface area (Å²) in [4.78, 5) is 15.1. The van der Waals surface area contributed by atoms with Gasteiger partial charge in [-0.25, -0.2) is 9.31 Å². The molecule has 0 bridgehead atoms. The van der Waals surface area contributed by atoms with Crippen LogP contribution in [0.2, 0.25) is 0 Å². The lowest BCUT2D eigenvalue weighted by Crippen LogP contribution is -1.96. The van der Waals surface area contributed by atoms with E-state index in [1.165, 1.54) is 0 Å². The number of nitrogens with zero attached hydrogens (tertiary/aromatic N) is 3. The van der Waals surface area contributed by atoms with E-state index in [1.807, 2.05) is 18.2 Å². The van der Waals surface area contributed by atoms with Gasteiger partial charge in [-0.2, -0.15) is 4.98 Å². The van der Waals surface area contributed by atoms with Gasteiger partial charge in [-0.15, -0.1) is 5.10 Å². The Labute approximate surface area is 108 Å². The number of hydrogen-bond acceptors (Lipinski definition) is 4. The van der Waals surface area contributed by atoms with Gasteiger partial charge < -0.3 is 10.8 Å². The van der Waals surface area contributed by atoms with Crippen molar-refractivity contribution in [3.8, 4) is 11.1 Å². The summed E-state index contributed by atoms with van der Waals surface area (Å²) in [7, 11) is 0. The Morgan fingerprint density at radius 2 is 2.11 bits per heavy atom. The number of nitrogens with two attached hydrogens (primary N) is 1. The molecule has 0 aliphatic rings. The zero-order valence-corrected chi connectivity index (χ0v) is 9.82. The number of aromatic carboxylic acids is 1.